The summed E-state index contributed by atoms with van der Waals surface area (Å²) in [4.78, 5) is 22.1. The minimum absolute atomic E-state index is 0.409. The maximum absolute atomic E-state index is 12.9. The second-order valence-corrected chi connectivity index (χ2v) is 3.91. The molecular weight excluding hydrogens is 281 g/mol. The Morgan fingerprint density at radius 1 is 1.20 bits per heavy atom. The summed E-state index contributed by atoms with van der Waals surface area (Å²) in [5.74, 6) is -6.20. The van der Waals surface area contributed by atoms with Crippen LogP contribution in [0.3, 0.4) is 0 Å². The van der Waals surface area contributed by atoms with Gasteiger partial charge < -0.3 is 20.8 Å². The first-order valence-corrected chi connectivity index (χ1v) is 5.35. The number of anilines is 1. The predicted molar refractivity (Wildman–Crippen MR) is 61.6 cm³/mol. The number of benzene rings is 1. The zero-order valence-electron chi connectivity index (χ0n) is 10.2. The van der Waals surface area contributed by atoms with Crippen LogP contribution in [-0.4, -0.2) is 34.4 Å². The van der Waals surface area contributed by atoms with Gasteiger partial charge in [-0.15, -0.1) is 0 Å². The van der Waals surface area contributed by atoms with Crippen LogP contribution in [-0.2, 0) is 4.79 Å². The molecule has 0 spiro atoms. The quantitative estimate of drug-likeness (QED) is 0.624. The number of aliphatic hydroxyl groups is 1. The Morgan fingerprint density at radius 2 is 1.70 bits per heavy atom. The molecular formula is C11H11F3N2O4. The highest BCUT2D eigenvalue weighted by molar-refractivity contribution is 5.92. The van der Waals surface area contributed by atoms with Crippen molar-refractivity contribution >= 4 is 17.7 Å². The highest BCUT2D eigenvalue weighted by Crippen LogP contribution is 2.17. The molecule has 0 radical (unpaired) electrons. The Hall–Kier alpha value is -2.29. The van der Waals surface area contributed by atoms with Crippen molar-refractivity contribution < 1.29 is 33.0 Å². The molecule has 110 valence electrons. The molecule has 0 aliphatic carbocycles. The van der Waals surface area contributed by atoms with Crippen molar-refractivity contribution in [3.05, 3.63) is 29.6 Å². The highest BCUT2D eigenvalue weighted by atomic mass is 19.2. The fourth-order valence-corrected chi connectivity index (χ4v) is 1.32. The lowest BCUT2D eigenvalue weighted by atomic mass is 10.2. The summed E-state index contributed by atoms with van der Waals surface area (Å²) < 4.78 is 38.5. The van der Waals surface area contributed by atoms with Crippen molar-refractivity contribution in [2.45, 2.75) is 19.1 Å². The average molecular weight is 292 g/mol. The molecule has 9 heteroatoms. The molecule has 0 saturated heterocycles. The first-order valence-electron chi connectivity index (χ1n) is 5.35. The molecule has 2 unspecified atom stereocenters. The third-order valence-electron chi connectivity index (χ3n) is 2.28. The number of halogens is 3. The predicted octanol–water partition coefficient (Wildman–Crippen LogP) is 1.06. The Kier molecular flexibility index (Phi) is 4.92. The Labute approximate surface area is 111 Å². The number of rotatable bonds is 4. The SMILES string of the molecule is CC(O)C(NC(=O)Nc1cc(F)c(F)c(F)c1)C(=O)O. The van der Waals surface area contributed by atoms with Crippen LogP contribution >= 0.6 is 0 Å². The molecule has 0 bridgehead atoms. The largest absolute Gasteiger partial charge is 0.480 e. The lowest BCUT2D eigenvalue weighted by molar-refractivity contribution is -0.141. The van der Waals surface area contributed by atoms with E-state index in [0.717, 1.165) is 6.92 Å². The van der Waals surface area contributed by atoms with Gasteiger partial charge in [-0.3, -0.25) is 0 Å². The third kappa shape index (κ3) is 3.85. The van der Waals surface area contributed by atoms with Gasteiger partial charge in [-0.2, -0.15) is 0 Å². The van der Waals surface area contributed by atoms with Gasteiger partial charge in [-0.05, 0) is 6.92 Å². The Morgan fingerprint density at radius 3 is 2.10 bits per heavy atom. The minimum atomic E-state index is -1.69. The summed E-state index contributed by atoms with van der Waals surface area (Å²) in [5, 5.41) is 21.6. The standard InChI is InChI=1S/C11H11F3N2O4/c1-4(17)9(10(18)19)16-11(20)15-5-2-6(12)8(14)7(13)3-5/h2-4,9,17H,1H3,(H,18,19)(H2,15,16,20). The van der Waals surface area contributed by atoms with Crippen molar-refractivity contribution in [1.82, 2.24) is 5.32 Å². The molecule has 0 aromatic heterocycles. The molecule has 0 fully saturated rings. The number of urea groups is 1. The number of carboxylic acids is 1. The number of nitrogens with one attached hydrogen (secondary N) is 2. The molecule has 1 aromatic carbocycles. The van der Waals surface area contributed by atoms with Crippen LogP contribution in [0.15, 0.2) is 12.1 Å². The fraction of sp³-hybridized carbons (Fsp3) is 0.273. The van der Waals surface area contributed by atoms with E-state index in [1.165, 1.54) is 0 Å². The lowest BCUT2D eigenvalue weighted by Crippen LogP contribution is -2.49. The molecule has 1 aromatic rings. The zero-order chi connectivity index (χ0) is 15.4. The number of aliphatic hydroxyl groups excluding tert-OH is 1. The number of carboxylic acid groups (broad SMARTS) is 1. The second kappa shape index (κ2) is 6.24. The minimum Gasteiger partial charge on any atom is -0.480 e. The molecule has 6 nitrogen and oxygen atoms in total. The Bertz CT molecular complexity index is 513. The van der Waals surface area contributed by atoms with Crippen molar-refractivity contribution in [3.8, 4) is 0 Å². The summed E-state index contributed by atoms with van der Waals surface area (Å²) in [5.41, 5.74) is -0.409. The molecule has 4 N–H and O–H groups in total. The van der Waals surface area contributed by atoms with Crippen LogP contribution in [0, 0.1) is 17.5 Å². The molecule has 2 amide bonds. The van der Waals surface area contributed by atoms with Gasteiger partial charge in [0, 0.05) is 17.8 Å². The van der Waals surface area contributed by atoms with Gasteiger partial charge in [0.2, 0.25) is 0 Å². The zero-order valence-corrected chi connectivity index (χ0v) is 10.2. The summed E-state index contributed by atoms with van der Waals surface area (Å²) in [6, 6.07) is -1.68. The van der Waals surface area contributed by atoms with Crippen LogP contribution < -0.4 is 10.6 Å². The highest BCUT2D eigenvalue weighted by Gasteiger charge is 2.25. The third-order valence-corrected chi connectivity index (χ3v) is 2.28. The van der Waals surface area contributed by atoms with Gasteiger partial charge in [-0.1, -0.05) is 0 Å². The van der Waals surface area contributed by atoms with Crippen LogP contribution in [0.2, 0.25) is 0 Å². The van der Waals surface area contributed by atoms with Gasteiger partial charge in [0.15, 0.2) is 23.5 Å². The van der Waals surface area contributed by atoms with E-state index in [1.54, 1.807) is 0 Å². The maximum atomic E-state index is 12.9. The van der Waals surface area contributed by atoms with Crippen molar-refractivity contribution in [2.24, 2.45) is 0 Å². The first kappa shape index (κ1) is 15.8. The van der Waals surface area contributed by atoms with E-state index < -0.39 is 47.3 Å². The molecule has 1 rings (SSSR count). The van der Waals surface area contributed by atoms with Crippen LogP contribution in [0.25, 0.3) is 0 Å². The lowest BCUT2D eigenvalue weighted by Gasteiger charge is -2.17. The van der Waals surface area contributed by atoms with Gasteiger partial charge in [0.25, 0.3) is 0 Å². The molecule has 0 heterocycles. The van der Waals surface area contributed by atoms with Crippen molar-refractivity contribution in [3.63, 3.8) is 0 Å². The Balaban J connectivity index is 2.78. The van der Waals surface area contributed by atoms with Crippen LogP contribution in [0.1, 0.15) is 6.92 Å². The molecule has 2 atom stereocenters. The van der Waals surface area contributed by atoms with Crippen LogP contribution in [0.5, 0.6) is 0 Å². The monoisotopic (exact) mass is 292 g/mol. The van der Waals surface area contributed by atoms with Gasteiger partial charge in [-0.25, -0.2) is 22.8 Å². The smallest absolute Gasteiger partial charge is 0.328 e. The van der Waals surface area contributed by atoms with Gasteiger partial charge >= 0.3 is 12.0 Å². The fourth-order valence-electron chi connectivity index (χ4n) is 1.32. The molecule has 0 aliphatic rings. The van der Waals surface area contributed by atoms with E-state index in [-0.39, 0.29) is 0 Å². The number of amides is 2. The van der Waals surface area contributed by atoms with Crippen LogP contribution in [0.4, 0.5) is 23.7 Å². The summed E-state index contributed by atoms with van der Waals surface area (Å²) in [6.45, 7) is 1.14. The number of hydrogen-bond donors (Lipinski definition) is 4. The first-order chi connectivity index (χ1) is 9.22. The maximum Gasteiger partial charge on any atom is 0.328 e. The average Bonchev–Trinajstić information content (AvgIpc) is 2.32. The van der Waals surface area contributed by atoms with Gasteiger partial charge in [0.05, 0.1) is 6.10 Å². The van der Waals surface area contributed by atoms with Crippen molar-refractivity contribution in [1.29, 1.82) is 0 Å². The number of aliphatic carboxylic acids is 1. The van der Waals surface area contributed by atoms with E-state index in [9.17, 15) is 22.8 Å². The van der Waals surface area contributed by atoms with E-state index in [1.807, 2.05) is 10.6 Å². The summed E-state index contributed by atoms with van der Waals surface area (Å²) in [6.07, 6.45) is -1.39. The van der Waals surface area contributed by atoms with Crippen molar-refractivity contribution in [2.75, 3.05) is 5.32 Å². The number of carbonyl (C=O) groups is 2. The topological polar surface area (TPSA) is 98.7 Å². The van der Waals surface area contributed by atoms with E-state index in [0.29, 0.717) is 12.1 Å². The second-order valence-electron chi connectivity index (χ2n) is 3.91. The molecule has 20 heavy (non-hydrogen) atoms. The number of carbonyl (C=O) groups excluding carboxylic acids is 1. The van der Waals surface area contributed by atoms with Gasteiger partial charge in [0.1, 0.15) is 0 Å². The van der Waals surface area contributed by atoms with E-state index in [2.05, 4.69) is 0 Å². The molecule has 0 aliphatic heterocycles. The van der Waals surface area contributed by atoms with E-state index in [4.69, 9.17) is 10.2 Å². The number of hydrogen-bond acceptors (Lipinski definition) is 3. The summed E-state index contributed by atoms with van der Waals surface area (Å²) >= 11 is 0. The normalized spacial score (nSPS) is 13.4. The molecule has 0 saturated carbocycles. The summed E-state index contributed by atoms with van der Waals surface area (Å²) in [7, 11) is 0. The van der Waals surface area contributed by atoms with E-state index >= 15 is 0 Å².